The quantitative estimate of drug-likeness (QED) is 0.802. The number of para-hydroxylation sites is 1. The topological polar surface area (TPSA) is 72.7 Å². The molecule has 23 heavy (non-hydrogen) atoms. The number of anilines is 1. The van der Waals surface area contributed by atoms with E-state index in [2.05, 4.69) is 20.4 Å². The van der Waals surface area contributed by atoms with Gasteiger partial charge in [-0.15, -0.1) is 0 Å². The minimum absolute atomic E-state index is 0.283. The molecule has 0 fully saturated rings. The predicted octanol–water partition coefficient (Wildman–Crippen LogP) is 2.66. The van der Waals surface area contributed by atoms with E-state index in [0.717, 1.165) is 28.5 Å². The zero-order valence-electron chi connectivity index (χ0n) is 12.1. The number of hydrogen-bond acceptors (Lipinski definition) is 5. The van der Waals surface area contributed by atoms with Gasteiger partial charge in [0.25, 0.3) is 5.91 Å². The van der Waals surface area contributed by atoms with E-state index < -0.39 is 0 Å². The summed E-state index contributed by atoms with van der Waals surface area (Å²) in [6.07, 6.45) is 4.50. The normalized spacial score (nSPS) is 12.9. The van der Waals surface area contributed by atoms with Crippen LogP contribution in [0.2, 0.25) is 0 Å². The first kappa shape index (κ1) is 14.0. The number of hydrogen-bond donors (Lipinski definition) is 1. The van der Waals surface area contributed by atoms with Crippen LogP contribution in [0.4, 0.5) is 5.82 Å². The van der Waals surface area contributed by atoms with E-state index in [4.69, 9.17) is 0 Å². The van der Waals surface area contributed by atoms with Gasteiger partial charge in [-0.05, 0) is 12.1 Å². The molecular formula is C16H13N5OS. The molecule has 2 aromatic heterocycles. The van der Waals surface area contributed by atoms with Crippen LogP contribution in [-0.4, -0.2) is 25.7 Å². The molecule has 3 aromatic rings. The van der Waals surface area contributed by atoms with E-state index in [0.29, 0.717) is 5.82 Å². The summed E-state index contributed by atoms with van der Waals surface area (Å²) in [5, 5.41) is 7.60. The molecule has 0 spiro atoms. The smallest absolute Gasteiger partial charge is 0.277 e. The van der Waals surface area contributed by atoms with Crippen LogP contribution in [0.3, 0.4) is 0 Å². The van der Waals surface area contributed by atoms with Gasteiger partial charge >= 0.3 is 0 Å². The lowest BCUT2D eigenvalue weighted by Crippen LogP contribution is -2.17. The summed E-state index contributed by atoms with van der Waals surface area (Å²) >= 11 is 1.80. The van der Waals surface area contributed by atoms with Crippen LogP contribution in [0.1, 0.15) is 21.7 Å². The van der Waals surface area contributed by atoms with Crippen molar-refractivity contribution < 1.29 is 4.79 Å². The molecule has 114 valence electrons. The van der Waals surface area contributed by atoms with Crippen molar-refractivity contribution in [1.29, 1.82) is 0 Å². The minimum atomic E-state index is -0.283. The molecule has 1 amide bonds. The number of fused-ring (bicyclic) bond motifs is 1. The average molecular weight is 323 g/mol. The van der Waals surface area contributed by atoms with Gasteiger partial charge in [0.2, 0.25) is 0 Å². The molecule has 6 nitrogen and oxygen atoms in total. The van der Waals surface area contributed by atoms with Gasteiger partial charge in [-0.3, -0.25) is 9.78 Å². The Hall–Kier alpha value is -2.67. The minimum Gasteiger partial charge on any atom is -0.305 e. The summed E-state index contributed by atoms with van der Waals surface area (Å²) < 4.78 is 1.79. The van der Waals surface area contributed by atoms with Crippen molar-refractivity contribution in [3.63, 3.8) is 0 Å². The SMILES string of the molecule is O=C(Nc1c2c(nn1-c1ccccc1)CSC2)c1cnccn1. The Bertz CT molecular complexity index is 848. The van der Waals surface area contributed by atoms with E-state index in [-0.39, 0.29) is 11.6 Å². The highest BCUT2D eigenvalue weighted by Gasteiger charge is 2.25. The molecule has 1 N–H and O–H groups in total. The van der Waals surface area contributed by atoms with Crippen molar-refractivity contribution in [3.8, 4) is 5.69 Å². The monoisotopic (exact) mass is 323 g/mol. The maximum atomic E-state index is 12.4. The largest absolute Gasteiger partial charge is 0.305 e. The van der Waals surface area contributed by atoms with Crippen molar-refractivity contribution >= 4 is 23.5 Å². The van der Waals surface area contributed by atoms with Crippen LogP contribution in [0.25, 0.3) is 5.69 Å². The summed E-state index contributed by atoms with van der Waals surface area (Å²) in [7, 11) is 0. The molecule has 4 rings (SSSR count). The standard InChI is InChI=1S/C16H13N5OS/c22-16(13-8-17-6-7-18-13)19-15-12-9-23-10-14(12)20-21(15)11-4-2-1-3-5-11/h1-8H,9-10H2,(H,19,22). The first-order valence-electron chi connectivity index (χ1n) is 7.14. The van der Waals surface area contributed by atoms with E-state index in [9.17, 15) is 4.79 Å². The molecule has 1 aliphatic rings. The summed E-state index contributed by atoms with van der Waals surface area (Å²) in [5.74, 6) is 2.14. The second-order valence-electron chi connectivity index (χ2n) is 5.06. The van der Waals surface area contributed by atoms with Crippen molar-refractivity contribution in [1.82, 2.24) is 19.7 Å². The van der Waals surface area contributed by atoms with Crippen LogP contribution in [0.5, 0.6) is 0 Å². The van der Waals surface area contributed by atoms with Crippen LogP contribution >= 0.6 is 11.8 Å². The Morgan fingerprint density at radius 2 is 2.04 bits per heavy atom. The summed E-state index contributed by atoms with van der Waals surface area (Å²) in [4.78, 5) is 20.4. The third-order valence-corrected chi connectivity index (χ3v) is 4.55. The fourth-order valence-corrected chi connectivity index (χ4v) is 3.52. The fourth-order valence-electron chi connectivity index (χ4n) is 2.49. The second-order valence-corrected chi connectivity index (χ2v) is 6.04. The molecule has 0 unspecified atom stereocenters. The molecule has 1 aliphatic heterocycles. The molecule has 0 saturated heterocycles. The number of nitrogens with zero attached hydrogens (tertiary/aromatic N) is 4. The van der Waals surface area contributed by atoms with E-state index in [1.807, 2.05) is 30.3 Å². The molecule has 0 aliphatic carbocycles. The number of rotatable bonds is 3. The van der Waals surface area contributed by atoms with Crippen molar-refractivity contribution in [2.75, 3.05) is 5.32 Å². The van der Waals surface area contributed by atoms with Crippen LogP contribution in [-0.2, 0) is 11.5 Å². The maximum Gasteiger partial charge on any atom is 0.277 e. The van der Waals surface area contributed by atoms with E-state index >= 15 is 0 Å². The first-order valence-corrected chi connectivity index (χ1v) is 8.29. The lowest BCUT2D eigenvalue weighted by atomic mass is 10.2. The third kappa shape index (κ3) is 2.59. The van der Waals surface area contributed by atoms with Gasteiger partial charge in [0.15, 0.2) is 0 Å². The molecule has 3 heterocycles. The molecule has 1 aromatic carbocycles. The number of nitrogens with one attached hydrogen (secondary N) is 1. The zero-order valence-corrected chi connectivity index (χ0v) is 13.0. The number of carbonyl (C=O) groups is 1. The summed E-state index contributed by atoms with van der Waals surface area (Å²) in [6.45, 7) is 0. The van der Waals surface area contributed by atoms with Gasteiger partial charge in [0, 0.05) is 29.5 Å². The second kappa shape index (κ2) is 5.85. The van der Waals surface area contributed by atoms with Gasteiger partial charge in [0.1, 0.15) is 11.5 Å². The molecular weight excluding hydrogens is 310 g/mol. The summed E-state index contributed by atoms with van der Waals surface area (Å²) in [6, 6.07) is 9.78. The van der Waals surface area contributed by atoms with Gasteiger partial charge < -0.3 is 5.32 Å². The van der Waals surface area contributed by atoms with Gasteiger partial charge in [-0.25, -0.2) is 9.67 Å². The third-order valence-electron chi connectivity index (χ3n) is 3.58. The maximum absolute atomic E-state index is 12.4. The molecule has 7 heteroatoms. The van der Waals surface area contributed by atoms with Crippen LogP contribution in [0.15, 0.2) is 48.9 Å². The van der Waals surface area contributed by atoms with E-state index in [1.165, 1.54) is 12.4 Å². The summed E-state index contributed by atoms with van der Waals surface area (Å²) in [5.41, 5.74) is 3.30. The zero-order chi connectivity index (χ0) is 15.6. The highest BCUT2D eigenvalue weighted by atomic mass is 32.2. The molecule has 0 radical (unpaired) electrons. The van der Waals surface area contributed by atoms with Gasteiger partial charge in [0.05, 0.1) is 17.6 Å². The number of aromatic nitrogens is 4. The van der Waals surface area contributed by atoms with Crippen LogP contribution in [0, 0.1) is 0 Å². The van der Waals surface area contributed by atoms with Crippen LogP contribution < -0.4 is 5.32 Å². The van der Waals surface area contributed by atoms with Gasteiger partial charge in [-0.2, -0.15) is 16.9 Å². The fraction of sp³-hybridized carbons (Fsp3) is 0.125. The van der Waals surface area contributed by atoms with Gasteiger partial charge in [-0.1, -0.05) is 18.2 Å². The molecule has 0 saturated carbocycles. The highest BCUT2D eigenvalue weighted by molar-refractivity contribution is 7.98. The Balaban J connectivity index is 1.74. The number of amides is 1. The number of benzene rings is 1. The Morgan fingerprint density at radius 1 is 1.17 bits per heavy atom. The average Bonchev–Trinajstić information content (AvgIpc) is 3.19. The highest BCUT2D eigenvalue weighted by Crippen LogP contribution is 2.36. The Morgan fingerprint density at radius 3 is 2.83 bits per heavy atom. The first-order chi connectivity index (χ1) is 11.3. The van der Waals surface area contributed by atoms with Crippen molar-refractivity contribution in [2.24, 2.45) is 0 Å². The number of carbonyl (C=O) groups excluding carboxylic acids is 1. The van der Waals surface area contributed by atoms with Crippen molar-refractivity contribution in [3.05, 3.63) is 65.9 Å². The lowest BCUT2D eigenvalue weighted by molar-refractivity contribution is 0.102. The molecule has 0 atom stereocenters. The van der Waals surface area contributed by atoms with E-state index in [1.54, 1.807) is 22.6 Å². The Labute approximate surface area is 137 Å². The lowest BCUT2D eigenvalue weighted by Gasteiger charge is -2.10. The Kier molecular flexibility index (Phi) is 3.55. The molecule has 0 bridgehead atoms. The number of thioether (sulfide) groups is 1. The van der Waals surface area contributed by atoms with Crippen molar-refractivity contribution in [2.45, 2.75) is 11.5 Å². The predicted molar refractivity (Wildman–Crippen MR) is 88.5 cm³/mol.